The fourth-order valence-electron chi connectivity index (χ4n) is 2.39. The summed E-state index contributed by atoms with van der Waals surface area (Å²) >= 11 is -0.497. The predicted octanol–water partition coefficient (Wildman–Crippen LogP) is 4.97. The Labute approximate surface area is 165 Å². The lowest BCUT2D eigenvalue weighted by molar-refractivity contribution is -0.137. The standard InChI is InChI=1S/C20H20F3NO3S/c1-3-27-19(25)18(28-20(21,22)23)17(15-10-7-11-16(12-15)26-2)24-13-14-8-5-4-6-9-14/h4-12,24H,3,13H2,1-2H3/b18-17-. The summed E-state index contributed by atoms with van der Waals surface area (Å²) in [5.41, 5.74) is -3.39. The molecule has 0 saturated heterocycles. The van der Waals surface area contributed by atoms with Crippen LogP contribution in [0.25, 0.3) is 5.70 Å². The van der Waals surface area contributed by atoms with Crippen molar-refractivity contribution in [3.8, 4) is 5.75 Å². The van der Waals surface area contributed by atoms with Gasteiger partial charge in [-0.05, 0) is 36.4 Å². The van der Waals surface area contributed by atoms with Crippen LogP contribution in [0.15, 0.2) is 59.5 Å². The third-order valence-corrected chi connectivity index (χ3v) is 4.38. The van der Waals surface area contributed by atoms with Crippen LogP contribution in [0.3, 0.4) is 0 Å². The van der Waals surface area contributed by atoms with Crippen LogP contribution in [0.5, 0.6) is 5.75 Å². The number of hydrogen-bond acceptors (Lipinski definition) is 5. The molecule has 0 unspecified atom stereocenters. The molecule has 150 valence electrons. The quantitative estimate of drug-likeness (QED) is 0.491. The van der Waals surface area contributed by atoms with Crippen molar-refractivity contribution in [3.05, 3.63) is 70.6 Å². The van der Waals surface area contributed by atoms with Crippen molar-refractivity contribution >= 4 is 23.4 Å². The van der Waals surface area contributed by atoms with E-state index in [2.05, 4.69) is 5.32 Å². The summed E-state index contributed by atoms with van der Waals surface area (Å²) < 4.78 is 49.5. The van der Waals surface area contributed by atoms with Gasteiger partial charge in [0, 0.05) is 12.1 Å². The molecule has 2 rings (SSSR count). The number of thioether (sulfide) groups is 1. The van der Waals surface area contributed by atoms with Crippen molar-refractivity contribution < 1.29 is 27.4 Å². The third kappa shape index (κ3) is 6.53. The Bertz CT molecular complexity index is 823. The van der Waals surface area contributed by atoms with Gasteiger partial charge in [-0.3, -0.25) is 0 Å². The van der Waals surface area contributed by atoms with Gasteiger partial charge in [-0.2, -0.15) is 13.2 Å². The average Bonchev–Trinajstić information content (AvgIpc) is 2.67. The number of ether oxygens (including phenoxy) is 2. The van der Waals surface area contributed by atoms with Gasteiger partial charge >= 0.3 is 11.5 Å². The van der Waals surface area contributed by atoms with E-state index in [1.165, 1.54) is 14.0 Å². The van der Waals surface area contributed by atoms with E-state index < -0.39 is 28.1 Å². The number of benzene rings is 2. The molecule has 0 aliphatic heterocycles. The molecule has 0 amide bonds. The number of alkyl halides is 3. The van der Waals surface area contributed by atoms with Gasteiger partial charge in [-0.1, -0.05) is 42.5 Å². The average molecular weight is 411 g/mol. The Kier molecular flexibility index (Phi) is 7.80. The SMILES string of the molecule is CCOC(=O)/C(SC(F)(F)F)=C(/NCc1ccccc1)c1cccc(OC)c1. The molecule has 0 bridgehead atoms. The molecule has 0 aromatic heterocycles. The smallest absolute Gasteiger partial charge is 0.446 e. The van der Waals surface area contributed by atoms with Gasteiger partial charge < -0.3 is 14.8 Å². The second-order valence-corrected chi connectivity index (χ2v) is 6.62. The molecule has 0 fully saturated rings. The number of methoxy groups -OCH3 is 1. The molecule has 0 aliphatic carbocycles. The van der Waals surface area contributed by atoms with Crippen molar-refractivity contribution in [1.82, 2.24) is 5.32 Å². The first-order valence-electron chi connectivity index (χ1n) is 8.43. The fraction of sp³-hybridized carbons (Fsp3) is 0.250. The highest BCUT2D eigenvalue weighted by atomic mass is 32.2. The zero-order valence-electron chi connectivity index (χ0n) is 15.4. The summed E-state index contributed by atoms with van der Waals surface area (Å²) in [5, 5.41) is 2.97. The Morgan fingerprint density at radius 2 is 1.82 bits per heavy atom. The van der Waals surface area contributed by atoms with Gasteiger partial charge in [0.1, 0.15) is 10.7 Å². The van der Waals surface area contributed by atoms with Gasteiger partial charge in [0.05, 0.1) is 19.4 Å². The Hall–Kier alpha value is -2.61. The molecule has 0 atom stereocenters. The van der Waals surface area contributed by atoms with Crippen LogP contribution < -0.4 is 10.1 Å². The second kappa shape index (κ2) is 10.1. The zero-order valence-corrected chi connectivity index (χ0v) is 16.2. The maximum Gasteiger partial charge on any atom is 0.446 e. The van der Waals surface area contributed by atoms with Crippen LogP contribution in [0.1, 0.15) is 18.1 Å². The van der Waals surface area contributed by atoms with Crippen molar-refractivity contribution in [1.29, 1.82) is 0 Å². The number of carbonyl (C=O) groups is 1. The third-order valence-electron chi connectivity index (χ3n) is 3.58. The Balaban J connectivity index is 2.52. The highest BCUT2D eigenvalue weighted by Crippen LogP contribution is 2.40. The summed E-state index contributed by atoms with van der Waals surface area (Å²) in [7, 11) is 1.45. The molecule has 28 heavy (non-hydrogen) atoms. The largest absolute Gasteiger partial charge is 0.497 e. The second-order valence-electron chi connectivity index (χ2n) is 5.54. The molecule has 0 radical (unpaired) electrons. The van der Waals surface area contributed by atoms with Crippen molar-refractivity contribution in [2.75, 3.05) is 13.7 Å². The van der Waals surface area contributed by atoms with Crippen LogP contribution >= 0.6 is 11.8 Å². The molecular weight excluding hydrogens is 391 g/mol. The predicted molar refractivity (Wildman–Crippen MR) is 103 cm³/mol. The first kappa shape index (κ1) is 21.7. The normalized spacial score (nSPS) is 12.2. The minimum absolute atomic E-state index is 0.0310. The highest BCUT2D eigenvalue weighted by Gasteiger charge is 2.36. The number of esters is 1. The number of carbonyl (C=O) groups excluding carboxylic acids is 1. The lowest BCUT2D eigenvalue weighted by Gasteiger charge is -2.18. The molecule has 8 heteroatoms. The van der Waals surface area contributed by atoms with E-state index in [-0.39, 0.29) is 18.8 Å². The molecule has 2 aromatic carbocycles. The van der Waals surface area contributed by atoms with Gasteiger partial charge in [0.15, 0.2) is 0 Å². The van der Waals surface area contributed by atoms with Gasteiger partial charge in [-0.15, -0.1) is 0 Å². The summed E-state index contributed by atoms with van der Waals surface area (Å²) in [6, 6.07) is 15.6. The molecule has 0 spiro atoms. The lowest BCUT2D eigenvalue weighted by Crippen LogP contribution is -2.20. The minimum atomic E-state index is -4.65. The summed E-state index contributed by atoms with van der Waals surface area (Å²) in [4.78, 5) is 11.8. The topological polar surface area (TPSA) is 47.6 Å². The maximum atomic E-state index is 13.2. The Morgan fingerprint density at radius 3 is 2.43 bits per heavy atom. The summed E-state index contributed by atoms with van der Waals surface area (Å²) in [5.74, 6) is -0.583. The molecule has 0 aliphatic rings. The fourth-order valence-corrected chi connectivity index (χ4v) is 3.05. The van der Waals surface area contributed by atoms with Crippen LogP contribution in [-0.4, -0.2) is 25.2 Å². The monoisotopic (exact) mass is 411 g/mol. The summed E-state index contributed by atoms with van der Waals surface area (Å²) in [6.07, 6.45) is 0. The first-order chi connectivity index (χ1) is 13.3. The van der Waals surface area contributed by atoms with Gasteiger partial charge in [0.2, 0.25) is 0 Å². The lowest BCUT2D eigenvalue weighted by atomic mass is 10.1. The maximum absolute atomic E-state index is 13.2. The molecule has 0 heterocycles. The van der Waals surface area contributed by atoms with Crippen LogP contribution in [-0.2, 0) is 16.1 Å². The zero-order chi connectivity index (χ0) is 20.6. The van der Waals surface area contributed by atoms with E-state index in [9.17, 15) is 18.0 Å². The first-order valence-corrected chi connectivity index (χ1v) is 9.25. The van der Waals surface area contributed by atoms with E-state index in [4.69, 9.17) is 9.47 Å². The molecule has 1 N–H and O–H groups in total. The molecule has 2 aromatic rings. The minimum Gasteiger partial charge on any atom is -0.497 e. The van der Waals surface area contributed by atoms with Crippen LogP contribution in [0.2, 0.25) is 0 Å². The number of nitrogens with one attached hydrogen (secondary N) is 1. The summed E-state index contributed by atoms with van der Waals surface area (Å²) in [6.45, 7) is 1.73. The number of hydrogen-bond donors (Lipinski definition) is 1. The van der Waals surface area contributed by atoms with E-state index in [0.717, 1.165) is 5.56 Å². The molecule has 4 nitrogen and oxygen atoms in total. The molecular formula is C20H20F3NO3S. The Morgan fingerprint density at radius 1 is 1.11 bits per heavy atom. The highest BCUT2D eigenvalue weighted by molar-refractivity contribution is 8.05. The van der Waals surface area contributed by atoms with Gasteiger partial charge in [0.25, 0.3) is 0 Å². The molecule has 0 saturated carbocycles. The van der Waals surface area contributed by atoms with E-state index in [0.29, 0.717) is 11.3 Å². The van der Waals surface area contributed by atoms with E-state index >= 15 is 0 Å². The van der Waals surface area contributed by atoms with Crippen molar-refractivity contribution in [3.63, 3.8) is 0 Å². The number of halogens is 3. The number of rotatable bonds is 8. The van der Waals surface area contributed by atoms with Crippen molar-refractivity contribution in [2.24, 2.45) is 0 Å². The van der Waals surface area contributed by atoms with Crippen LogP contribution in [0.4, 0.5) is 13.2 Å². The van der Waals surface area contributed by atoms with Crippen molar-refractivity contribution in [2.45, 2.75) is 19.0 Å². The van der Waals surface area contributed by atoms with E-state index in [1.807, 2.05) is 30.3 Å². The van der Waals surface area contributed by atoms with E-state index in [1.54, 1.807) is 24.3 Å². The van der Waals surface area contributed by atoms with Crippen LogP contribution in [0, 0.1) is 0 Å². The van der Waals surface area contributed by atoms with Gasteiger partial charge in [-0.25, -0.2) is 4.79 Å².